The Balaban J connectivity index is 1.74. The molecular formula is C15H17IN2O3. The van der Waals surface area contributed by atoms with Crippen LogP contribution in [0.15, 0.2) is 24.3 Å². The molecule has 2 fully saturated rings. The maximum Gasteiger partial charge on any atom is 0.326 e. The van der Waals surface area contributed by atoms with Gasteiger partial charge in [0.25, 0.3) is 0 Å². The predicted octanol–water partition coefficient (Wildman–Crippen LogP) is 3.01. The second kappa shape index (κ2) is 5.82. The molecule has 1 saturated heterocycles. The maximum atomic E-state index is 12.4. The normalized spacial score (nSPS) is 27.5. The highest BCUT2D eigenvalue weighted by Crippen LogP contribution is 2.42. The molecule has 1 aromatic carbocycles. The van der Waals surface area contributed by atoms with Gasteiger partial charge in [-0.15, -0.1) is 0 Å². The zero-order valence-corrected chi connectivity index (χ0v) is 13.6. The Labute approximate surface area is 136 Å². The Kier molecular flexibility index (Phi) is 4.05. The van der Waals surface area contributed by atoms with E-state index in [1.807, 2.05) is 24.3 Å². The summed E-state index contributed by atoms with van der Waals surface area (Å²) in [5.74, 6) is -0.430. The van der Waals surface area contributed by atoms with Gasteiger partial charge < -0.3 is 15.3 Å². The van der Waals surface area contributed by atoms with E-state index in [0.29, 0.717) is 18.2 Å². The number of urea groups is 1. The monoisotopic (exact) mass is 400 g/mol. The number of anilines is 1. The number of carbonyl (C=O) groups excluding carboxylic acids is 1. The van der Waals surface area contributed by atoms with Crippen LogP contribution in [0, 0.1) is 15.4 Å². The third-order valence-electron chi connectivity index (χ3n) is 4.50. The molecule has 2 amide bonds. The summed E-state index contributed by atoms with van der Waals surface area (Å²) in [6.45, 7) is 0.553. The van der Waals surface area contributed by atoms with Crippen LogP contribution in [0.25, 0.3) is 0 Å². The number of hydrogen-bond donors (Lipinski definition) is 2. The van der Waals surface area contributed by atoms with E-state index >= 15 is 0 Å². The van der Waals surface area contributed by atoms with Gasteiger partial charge in [-0.3, -0.25) is 0 Å². The van der Waals surface area contributed by atoms with Crippen LogP contribution in [0.5, 0.6) is 0 Å². The van der Waals surface area contributed by atoms with Gasteiger partial charge in [0.15, 0.2) is 0 Å². The highest BCUT2D eigenvalue weighted by atomic mass is 127. The molecule has 1 aliphatic heterocycles. The number of halogens is 1. The van der Waals surface area contributed by atoms with Gasteiger partial charge in [-0.05, 0) is 71.5 Å². The molecule has 3 atom stereocenters. The summed E-state index contributed by atoms with van der Waals surface area (Å²) in [4.78, 5) is 25.4. The molecule has 0 aromatic heterocycles. The van der Waals surface area contributed by atoms with Gasteiger partial charge in [0, 0.05) is 15.8 Å². The first-order chi connectivity index (χ1) is 10.1. The number of carbonyl (C=O) groups is 2. The summed E-state index contributed by atoms with van der Waals surface area (Å²) in [6, 6.07) is 6.48. The maximum absolute atomic E-state index is 12.4. The van der Waals surface area contributed by atoms with Gasteiger partial charge in [0.05, 0.1) is 0 Å². The van der Waals surface area contributed by atoms with Crippen molar-refractivity contribution in [2.45, 2.75) is 25.3 Å². The van der Waals surface area contributed by atoms with Crippen molar-refractivity contribution in [3.05, 3.63) is 27.8 Å². The summed E-state index contributed by atoms with van der Waals surface area (Å²) in [7, 11) is 0. The lowest BCUT2D eigenvalue weighted by atomic mass is 9.94. The lowest BCUT2D eigenvalue weighted by molar-refractivity contribution is -0.142. The molecule has 1 saturated carbocycles. The van der Waals surface area contributed by atoms with E-state index in [-0.39, 0.29) is 11.9 Å². The Hall–Kier alpha value is -1.31. The molecule has 2 N–H and O–H groups in total. The van der Waals surface area contributed by atoms with Crippen molar-refractivity contribution < 1.29 is 14.7 Å². The number of fused-ring (bicyclic) bond motifs is 1. The minimum atomic E-state index is -0.887. The average molecular weight is 400 g/mol. The Bertz CT molecular complexity index is 561. The van der Waals surface area contributed by atoms with Crippen LogP contribution in [-0.2, 0) is 4.79 Å². The highest BCUT2D eigenvalue weighted by molar-refractivity contribution is 14.1. The van der Waals surface area contributed by atoms with Gasteiger partial charge in [-0.25, -0.2) is 9.59 Å². The van der Waals surface area contributed by atoms with Crippen LogP contribution in [0.3, 0.4) is 0 Å². The fraction of sp³-hybridized carbons (Fsp3) is 0.467. The number of benzene rings is 1. The first-order valence-corrected chi connectivity index (χ1v) is 8.20. The van der Waals surface area contributed by atoms with Crippen LogP contribution >= 0.6 is 22.6 Å². The number of carboxylic acid groups (broad SMARTS) is 1. The molecule has 0 radical (unpaired) electrons. The second-order valence-electron chi connectivity index (χ2n) is 5.73. The van der Waals surface area contributed by atoms with Gasteiger partial charge in [0.1, 0.15) is 6.04 Å². The van der Waals surface area contributed by atoms with Crippen molar-refractivity contribution in [2.24, 2.45) is 11.8 Å². The fourth-order valence-corrected chi connectivity index (χ4v) is 3.92. The van der Waals surface area contributed by atoms with E-state index in [9.17, 15) is 14.7 Å². The van der Waals surface area contributed by atoms with Crippen LogP contribution < -0.4 is 5.32 Å². The molecule has 5 nitrogen and oxygen atoms in total. The van der Waals surface area contributed by atoms with Crippen LogP contribution in [0.1, 0.15) is 19.3 Å². The van der Waals surface area contributed by atoms with Gasteiger partial charge >= 0.3 is 12.0 Å². The van der Waals surface area contributed by atoms with Crippen molar-refractivity contribution >= 4 is 40.3 Å². The van der Waals surface area contributed by atoms with Crippen molar-refractivity contribution in [2.75, 3.05) is 11.9 Å². The smallest absolute Gasteiger partial charge is 0.326 e. The number of nitrogens with zero attached hydrogens (tertiary/aromatic N) is 1. The number of rotatable bonds is 2. The predicted molar refractivity (Wildman–Crippen MR) is 87.1 cm³/mol. The van der Waals surface area contributed by atoms with E-state index < -0.39 is 12.0 Å². The van der Waals surface area contributed by atoms with Gasteiger partial charge in [-0.1, -0.05) is 6.42 Å². The average Bonchev–Trinajstić information content (AvgIpc) is 3.00. The molecule has 1 aromatic rings. The van der Waals surface area contributed by atoms with Crippen LogP contribution in [-0.4, -0.2) is 34.6 Å². The molecule has 0 bridgehead atoms. The number of aliphatic carboxylic acids is 1. The SMILES string of the molecule is O=C(O)C1C2CCCC2CN1C(=O)Nc1ccc(I)cc1. The molecule has 2 aliphatic rings. The standard InChI is InChI=1S/C15H17IN2O3/c16-10-4-6-11(7-5-10)17-15(21)18-8-9-2-1-3-12(9)13(18)14(19)20/h4-7,9,12-13H,1-3,8H2,(H,17,21)(H,19,20). The minimum absolute atomic E-state index is 0.116. The number of hydrogen-bond acceptors (Lipinski definition) is 2. The summed E-state index contributed by atoms with van der Waals surface area (Å²) in [5, 5.41) is 12.3. The molecule has 3 unspecified atom stereocenters. The first-order valence-electron chi connectivity index (χ1n) is 7.12. The largest absolute Gasteiger partial charge is 0.480 e. The van der Waals surface area contributed by atoms with E-state index in [0.717, 1.165) is 22.8 Å². The molecule has 112 valence electrons. The Morgan fingerprint density at radius 2 is 1.95 bits per heavy atom. The van der Waals surface area contributed by atoms with Gasteiger partial charge in [0.2, 0.25) is 0 Å². The molecular weight excluding hydrogens is 383 g/mol. The zero-order chi connectivity index (χ0) is 15.0. The van der Waals surface area contributed by atoms with Crippen LogP contribution in [0.4, 0.5) is 10.5 Å². The van der Waals surface area contributed by atoms with Crippen LogP contribution in [0.2, 0.25) is 0 Å². The Morgan fingerprint density at radius 3 is 2.62 bits per heavy atom. The first kappa shape index (κ1) is 14.6. The minimum Gasteiger partial charge on any atom is -0.480 e. The van der Waals surface area contributed by atoms with Crippen molar-refractivity contribution in [1.29, 1.82) is 0 Å². The van der Waals surface area contributed by atoms with Crippen molar-refractivity contribution in [3.8, 4) is 0 Å². The third kappa shape index (κ3) is 2.86. The molecule has 3 rings (SSSR count). The second-order valence-corrected chi connectivity index (χ2v) is 6.97. The van der Waals surface area contributed by atoms with E-state index in [1.165, 1.54) is 4.90 Å². The topological polar surface area (TPSA) is 69.6 Å². The molecule has 6 heteroatoms. The number of amides is 2. The molecule has 0 spiro atoms. The quantitative estimate of drug-likeness (QED) is 0.750. The molecule has 1 heterocycles. The Morgan fingerprint density at radius 1 is 1.24 bits per heavy atom. The highest BCUT2D eigenvalue weighted by Gasteiger charge is 2.49. The molecule has 21 heavy (non-hydrogen) atoms. The van der Waals surface area contributed by atoms with E-state index in [1.54, 1.807) is 0 Å². The summed E-state index contributed by atoms with van der Waals surface area (Å²) >= 11 is 2.20. The van der Waals surface area contributed by atoms with E-state index in [4.69, 9.17) is 0 Å². The lowest BCUT2D eigenvalue weighted by Crippen LogP contribution is -2.45. The third-order valence-corrected chi connectivity index (χ3v) is 5.22. The molecule has 1 aliphatic carbocycles. The summed E-state index contributed by atoms with van der Waals surface area (Å²) in [5.41, 5.74) is 0.696. The summed E-state index contributed by atoms with van der Waals surface area (Å²) in [6.07, 6.45) is 3.02. The number of carboxylic acids is 1. The number of nitrogens with one attached hydrogen (secondary N) is 1. The van der Waals surface area contributed by atoms with E-state index in [2.05, 4.69) is 27.9 Å². The summed E-state index contributed by atoms with van der Waals surface area (Å²) < 4.78 is 1.09. The van der Waals surface area contributed by atoms with Crippen molar-refractivity contribution in [1.82, 2.24) is 4.90 Å². The number of likely N-dealkylation sites (tertiary alicyclic amines) is 1. The van der Waals surface area contributed by atoms with Gasteiger partial charge in [-0.2, -0.15) is 0 Å². The van der Waals surface area contributed by atoms with Crippen molar-refractivity contribution in [3.63, 3.8) is 0 Å². The zero-order valence-electron chi connectivity index (χ0n) is 11.5. The lowest BCUT2D eigenvalue weighted by Gasteiger charge is -2.24. The fourth-order valence-electron chi connectivity index (χ4n) is 3.56.